The molecule has 0 radical (unpaired) electrons. The van der Waals surface area contributed by atoms with E-state index >= 15 is 0 Å². The first-order valence-electron chi connectivity index (χ1n) is 6.38. The summed E-state index contributed by atoms with van der Waals surface area (Å²) in [5.41, 5.74) is -0.373. The van der Waals surface area contributed by atoms with Crippen LogP contribution in [0.3, 0.4) is 0 Å². The highest BCUT2D eigenvalue weighted by atomic mass is 32.2. The summed E-state index contributed by atoms with van der Waals surface area (Å²) in [6.45, 7) is 4.21. The molecule has 1 saturated carbocycles. The van der Waals surface area contributed by atoms with Gasteiger partial charge in [-0.15, -0.1) is 11.8 Å². The van der Waals surface area contributed by atoms with Gasteiger partial charge in [-0.1, -0.05) is 0 Å². The summed E-state index contributed by atoms with van der Waals surface area (Å²) in [6.07, 6.45) is 5.93. The van der Waals surface area contributed by atoms with E-state index in [0.717, 1.165) is 5.75 Å². The number of nitriles is 1. The average molecular weight is 261 g/mol. The van der Waals surface area contributed by atoms with Gasteiger partial charge in [-0.2, -0.15) is 5.26 Å². The highest BCUT2D eigenvalue weighted by molar-refractivity contribution is 7.99. The largest absolute Gasteiger partial charge is 0.296 e. The van der Waals surface area contributed by atoms with E-state index in [2.05, 4.69) is 30.2 Å². The minimum atomic E-state index is -0.373. The molecule has 1 aromatic rings. The normalized spacial score (nSPS) is 18.3. The van der Waals surface area contributed by atoms with Crippen LogP contribution in [-0.4, -0.2) is 22.3 Å². The summed E-state index contributed by atoms with van der Waals surface area (Å²) in [4.78, 5) is 5.19. The Morgan fingerprint density at radius 2 is 2.17 bits per heavy atom. The summed E-state index contributed by atoms with van der Waals surface area (Å²) < 4.78 is 0. The van der Waals surface area contributed by atoms with Crippen molar-refractivity contribution in [1.29, 1.82) is 5.26 Å². The fourth-order valence-electron chi connectivity index (χ4n) is 2.16. The molecule has 1 unspecified atom stereocenters. The zero-order valence-corrected chi connectivity index (χ0v) is 11.7. The Morgan fingerprint density at radius 3 is 2.67 bits per heavy atom. The van der Waals surface area contributed by atoms with Crippen LogP contribution in [0.5, 0.6) is 0 Å². The number of nitrogens with one attached hydrogen (secondary N) is 1. The molecule has 1 heterocycles. The molecule has 96 valence electrons. The van der Waals surface area contributed by atoms with Gasteiger partial charge in [0.05, 0.1) is 6.07 Å². The quantitative estimate of drug-likeness (QED) is 0.800. The van der Waals surface area contributed by atoms with Crippen LogP contribution in [0.1, 0.15) is 26.7 Å². The molecule has 1 atom stereocenters. The molecule has 0 saturated heterocycles. The number of aromatic nitrogens is 1. The van der Waals surface area contributed by atoms with Gasteiger partial charge >= 0.3 is 0 Å². The molecule has 1 aliphatic rings. The Bertz CT molecular complexity index is 422. The standard InChI is InChI=1S/C14H19N3S/c1-11(2)17-14(9-15,12-3-4-12)10-18-13-5-7-16-8-6-13/h5-8,11-12,17H,3-4,10H2,1-2H3. The first kappa shape index (κ1) is 13.4. The lowest BCUT2D eigenvalue weighted by Gasteiger charge is -2.30. The summed E-state index contributed by atoms with van der Waals surface area (Å²) in [5, 5.41) is 13.1. The molecule has 0 aliphatic heterocycles. The van der Waals surface area contributed by atoms with Gasteiger partial charge in [0.1, 0.15) is 5.54 Å². The minimum Gasteiger partial charge on any atom is -0.296 e. The molecule has 4 heteroatoms. The Labute approximate surface area is 113 Å². The lowest BCUT2D eigenvalue weighted by atomic mass is 9.96. The summed E-state index contributed by atoms with van der Waals surface area (Å²) in [5.74, 6) is 1.32. The van der Waals surface area contributed by atoms with E-state index in [1.807, 2.05) is 12.1 Å². The van der Waals surface area contributed by atoms with Crippen molar-refractivity contribution in [3.8, 4) is 6.07 Å². The number of hydrogen-bond donors (Lipinski definition) is 1. The van der Waals surface area contributed by atoms with Crippen molar-refractivity contribution in [2.45, 2.75) is 43.2 Å². The number of hydrogen-bond acceptors (Lipinski definition) is 4. The number of pyridine rings is 1. The molecular weight excluding hydrogens is 242 g/mol. The highest BCUT2D eigenvalue weighted by Crippen LogP contribution is 2.42. The van der Waals surface area contributed by atoms with Gasteiger partial charge < -0.3 is 0 Å². The lowest BCUT2D eigenvalue weighted by molar-refractivity contribution is 0.370. The second kappa shape index (κ2) is 5.73. The zero-order valence-electron chi connectivity index (χ0n) is 10.9. The molecule has 1 aromatic heterocycles. The van der Waals surface area contributed by atoms with Gasteiger partial charge in [-0.3, -0.25) is 10.3 Å². The van der Waals surface area contributed by atoms with Gasteiger partial charge in [-0.25, -0.2) is 0 Å². The SMILES string of the molecule is CC(C)NC(C#N)(CSc1ccncc1)C1CC1. The van der Waals surface area contributed by atoms with E-state index in [-0.39, 0.29) is 5.54 Å². The summed E-state index contributed by atoms with van der Waals surface area (Å²) >= 11 is 1.74. The van der Waals surface area contributed by atoms with Crippen LogP contribution in [0.25, 0.3) is 0 Å². The fourth-order valence-corrected chi connectivity index (χ4v) is 3.25. The van der Waals surface area contributed by atoms with Gasteiger partial charge in [0.25, 0.3) is 0 Å². The van der Waals surface area contributed by atoms with Crippen molar-refractivity contribution in [1.82, 2.24) is 10.3 Å². The molecule has 3 nitrogen and oxygen atoms in total. The van der Waals surface area contributed by atoms with Crippen LogP contribution in [0.4, 0.5) is 0 Å². The molecule has 0 amide bonds. The third-order valence-electron chi connectivity index (χ3n) is 3.14. The molecular formula is C14H19N3S. The second-order valence-corrected chi connectivity index (χ2v) is 6.18. The van der Waals surface area contributed by atoms with E-state index in [0.29, 0.717) is 12.0 Å². The highest BCUT2D eigenvalue weighted by Gasteiger charge is 2.45. The molecule has 0 bridgehead atoms. The third kappa shape index (κ3) is 3.24. The lowest BCUT2D eigenvalue weighted by Crippen LogP contribution is -2.51. The maximum Gasteiger partial charge on any atom is 0.119 e. The van der Waals surface area contributed by atoms with E-state index in [9.17, 15) is 5.26 Å². The van der Waals surface area contributed by atoms with Crippen molar-refractivity contribution in [3.05, 3.63) is 24.5 Å². The number of thioether (sulfide) groups is 1. The molecule has 0 aromatic carbocycles. The van der Waals surface area contributed by atoms with Crippen LogP contribution in [0.15, 0.2) is 29.4 Å². The van der Waals surface area contributed by atoms with Crippen molar-refractivity contribution in [2.75, 3.05) is 5.75 Å². The summed E-state index contributed by atoms with van der Waals surface area (Å²) in [6, 6.07) is 6.86. The van der Waals surface area contributed by atoms with Crippen molar-refractivity contribution >= 4 is 11.8 Å². The van der Waals surface area contributed by atoms with Gasteiger partial charge in [0.2, 0.25) is 0 Å². The first-order valence-corrected chi connectivity index (χ1v) is 7.36. The monoisotopic (exact) mass is 261 g/mol. The Kier molecular flexibility index (Phi) is 4.26. The maximum absolute atomic E-state index is 9.58. The molecule has 1 fully saturated rings. The number of nitrogens with zero attached hydrogens (tertiary/aromatic N) is 2. The molecule has 0 spiro atoms. The summed E-state index contributed by atoms with van der Waals surface area (Å²) in [7, 11) is 0. The van der Waals surface area contributed by atoms with E-state index in [4.69, 9.17) is 0 Å². The third-order valence-corrected chi connectivity index (χ3v) is 4.34. The molecule has 2 rings (SSSR count). The zero-order chi connectivity index (χ0) is 13.0. The fraction of sp³-hybridized carbons (Fsp3) is 0.571. The predicted octanol–water partition coefficient (Wildman–Crippen LogP) is 2.84. The van der Waals surface area contributed by atoms with Crippen LogP contribution >= 0.6 is 11.8 Å². The molecule has 1 aliphatic carbocycles. The average Bonchev–Trinajstić information content (AvgIpc) is 3.20. The predicted molar refractivity (Wildman–Crippen MR) is 74.3 cm³/mol. The van der Waals surface area contributed by atoms with E-state index in [1.165, 1.54) is 17.7 Å². The van der Waals surface area contributed by atoms with Crippen molar-refractivity contribution < 1.29 is 0 Å². The van der Waals surface area contributed by atoms with Crippen molar-refractivity contribution in [3.63, 3.8) is 0 Å². The van der Waals surface area contributed by atoms with Crippen LogP contribution < -0.4 is 5.32 Å². The van der Waals surface area contributed by atoms with Gasteiger partial charge in [-0.05, 0) is 44.7 Å². The van der Waals surface area contributed by atoms with Crippen LogP contribution in [0.2, 0.25) is 0 Å². The second-order valence-electron chi connectivity index (χ2n) is 5.13. The number of rotatable bonds is 6. The minimum absolute atomic E-state index is 0.336. The van der Waals surface area contributed by atoms with Gasteiger partial charge in [0.15, 0.2) is 0 Å². The topological polar surface area (TPSA) is 48.7 Å². The Morgan fingerprint density at radius 1 is 1.50 bits per heavy atom. The first-order chi connectivity index (χ1) is 8.66. The van der Waals surface area contributed by atoms with Crippen LogP contribution in [-0.2, 0) is 0 Å². The maximum atomic E-state index is 9.58. The Hall–Kier alpha value is -1.05. The van der Waals surface area contributed by atoms with E-state index in [1.54, 1.807) is 24.2 Å². The molecule has 18 heavy (non-hydrogen) atoms. The molecule has 1 N–H and O–H groups in total. The smallest absolute Gasteiger partial charge is 0.119 e. The van der Waals surface area contributed by atoms with Crippen LogP contribution in [0, 0.1) is 17.2 Å². The van der Waals surface area contributed by atoms with E-state index < -0.39 is 0 Å². The Balaban J connectivity index is 2.04. The van der Waals surface area contributed by atoms with Gasteiger partial charge in [0, 0.05) is 29.1 Å². The van der Waals surface area contributed by atoms with Crippen molar-refractivity contribution in [2.24, 2.45) is 5.92 Å².